The van der Waals surface area contributed by atoms with Gasteiger partial charge >= 0.3 is 5.97 Å². The second-order valence-corrected chi connectivity index (χ2v) is 6.46. The lowest BCUT2D eigenvalue weighted by molar-refractivity contribution is -0.142. The summed E-state index contributed by atoms with van der Waals surface area (Å²) in [5.74, 6) is -0.486. The Morgan fingerprint density at radius 3 is 2.73 bits per heavy atom. The van der Waals surface area contributed by atoms with Gasteiger partial charge in [-0.3, -0.25) is 9.59 Å². The minimum Gasteiger partial charge on any atom is -0.492 e. The standard InChI is InChI=1S/C16H20BrNO4/c1-11-9-18(10-12(11)16(20)21)15(19)7-4-8-22-14-6-3-2-5-13(14)17/h2-3,5-6,11-12H,4,7-10H2,1H3,(H,20,21)/t11-,12-/m1/s1. The number of para-hydroxylation sites is 1. The van der Waals surface area contributed by atoms with E-state index in [0.717, 1.165) is 10.2 Å². The number of nitrogens with zero attached hydrogens (tertiary/aromatic N) is 1. The molecule has 1 aliphatic heterocycles. The quantitative estimate of drug-likeness (QED) is 0.782. The molecule has 5 nitrogen and oxygen atoms in total. The fourth-order valence-corrected chi connectivity index (χ4v) is 3.02. The summed E-state index contributed by atoms with van der Waals surface area (Å²) < 4.78 is 6.51. The van der Waals surface area contributed by atoms with E-state index in [1.807, 2.05) is 31.2 Å². The van der Waals surface area contributed by atoms with Crippen LogP contribution in [0.1, 0.15) is 19.8 Å². The number of hydrogen-bond donors (Lipinski definition) is 1. The number of likely N-dealkylation sites (tertiary alicyclic amines) is 1. The molecular formula is C16H20BrNO4. The van der Waals surface area contributed by atoms with E-state index in [0.29, 0.717) is 32.5 Å². The van der Waals surface area contributed by atoms with Gasteiger partial charge in [0.25, 0.3) is 0 Å². The second kappa shape index (κ2) is 7.63. The van der Waals surface area contributed by atoms with Crippen molar-refractivity contribution < 1.29 is 19.4 Å². The summed E-state index contributed by atoms with van der Waals surface area (Å²) in [6.45, 7) is 3.18. The zero-order chi connectivity index (χ0) is 16.1. The van der Waals surface area contributed by atoms with Gasteiger partial charge in [0, 0.05) is 19.5 Å². The molecule has 0 radical (unpaired) electrons. The normalized spacial score (nSPS) is 20.9. The summed E-state index contributed by atoms with van der Waals surface area (Å²) in [4.78, 5) is 24.8. The Kier molecular flexibility index (Phi) is 5.83. The van der Waals surface area contributed by atoms with Crippen molar-refractivity contribution in [3.8, 4) is 5.75 Å². The average molecular weight is 370 g/mol. The molecule has 1 heterocycles. The Labute approximate surface area is 138 Å². The van der Waals surface area contributed by atoms with Crippen LogP contribution in [0.5, 0.6) is 5.75 Å². The fourth-order valence-electron chi connectivity index (χ4n) is 2.62. The molecule has 1 amide bonds. The van der Waals surface area contributed by atoms with E-state index in [4.69, 9.17) is 9.84 Å². The summed E-state index contributed by atoms with van der Waals surface area (Å²) in [5, 5.41) is 9.09. The molecule has 1 aromatic rings. The Morgan fingerprint density at radius 2 is 2.09 bits per heavy atom. The molecule has 1 aliphatic rings. The van der Waals surface area contributed by atoms with Crippen molar-refractivity contribution in [1.82, 2.24) is 4.90 Å². The summed E-state index contributed by atoms with van der Waals surface area (Å²) >= 11 is 3.40. The molecule has 0 aliphatic carbocycles. The van der Waals surface area contributed by atoms with Crippen LogP contribution >= 0.6 is 15.9 Å². The number of rotatable bonds is 6. The third-order valence-corrected chi connectivity index (χ3v) is 4.57. The molecular weight excluding hydrogens is 350 g/mol. The maximum Gasteiger partial charge on any atom is 0.308 e. The molecule has 22 heavy (non-hydrogen) atoms. The predicted molar refractivity (Wildman–Crippen MR) is 85.7 cm³/mol. The van der Waals surface area contributed by atoms with E-state index < -0.39 is 11.9 Å². The van der Waals surface area contributed by atoms with Gasteiger partial charge in [0.05, 0.1) is 17.0 Å². The van der Waals surface area contributed by atoms with Crippen LogP contribution in [-0.4, -0.2) is 41.6 Å². The highest BCUT2D eigenvalue weighted by molar-refractivity contribution is 9.10. The Morgan fingerprint density at radius 1 is 1.36 bits per heavy atom. The minimum atomic E-state index is -0.819. The molecule has 2 rings (SSSR count). The third kappa shape index (κ3) is 4.22. The molecule has 1 saturated heterocycles. The van der Waals surface area contributed by atoms with E-state index in [9.17, 15) is 9.59 Å². The summed E-state index contributed by atoms with van der Waals surface area (Å²) in [7, 11) is 0. The van der Waals surface area contributed by atoms with Gasteiger partial charge in [-0.15, -0.1) is 0 Å². The first kappa shape index (κ1) is 16.8. The number of carboxylic acid groups (broad SMARTS) is 1. The molecule has 0 aromatic heterocycles. The van der Waals surface area contributed by atoms with Crippen LogP contribution < -0.4 is 4.74 Å². The van der Waals surface area contributed by atoms with Gasteiger partial charge in [-0.25, -0.2) is 0 Å². The molecule has 0 bridgehead atoms. The number of carboxylic acids is 1. The molecule has 0 saturated carbocycles. The third-order valence-electron chi connectivity index (χ3n) is 3.91. The number of amides is 1. The monoisotopic (exact) mass is 369 g/mol. The average Bonchev–Trinajstić information content (AvgIpc) is 2.87. The topological polar surface area (TPSA) is 66.8 Å². The van der Waals surface area contributed by atoms with Crippen LogP contribution in [0.15, 0.2) is 28.7 Å². The number of ether oxygens (including phenoxy) is 1. The Hall–Kier alpha value is -1.56. The van der Waals surface area contributed by atoms with Gasteiger partial charge in [0.2, 0.25) is 5.91 Å². The highest BCUT2D eigenvalue weighted by Gasteiger charge is 2.36. The molecule has 2 atom stereocenters. The molecule has 6 heteroatoms. The van der Waals surface area contributed by atoms with Crippen LogP contribution in [-0.2, 0) is 9.59 Å². The number of hydrogen-bond acceptors (Lipinski definition) is 3. The fraction of sp³-hybridized carbons (Fsp3) is 0.500. The largest absolute Gasteiger partial charge is 0.492 e. The van der Waals surface area contributed by atoms with Crippen LogP contribution in [0, 0.1) is 11.8 Å². The van der Waals surface area contributed by atoms with Gasteiger partial charge in [-0.05, 0) is 40.4 Å². The lowest BCUT2D eigenvalue weighted by Crippen LogP contribution is -2.30. The smallest absolute Gasteiger partial charge is 0.308 e. The molecule has 1 fully saturated rings. The zero-order valence-electron chi connectivity index (χ0n) is 12.5. The highest BCUT2D eigenvalue weighted by Crippen LogP contribution is 2.25. The number of carbonyl (C=O) groups excluding carboxylic acids is 1. The Bertz CT molecular complexity index is 549. The van der Waals surface area contributed by atoms with Crippen LogP contribution in [0.25, 0.3) is 0 Å². The minimum absolute atomic E-state index is 0.00586. The molecule has 0 spiro atoms. The summed E-state index contributed by atoms with van der Waals surface area (Å²) in [6, 6.07) is 7.57. The lowest BCUT2D eigenvalue weighted by Gasteiger charge is -2.16. The number of aliphatic carboxylic acids is 1. The summed E-state index contributed by atoms with van der Waals surface area (Å²) in [6.07, 6.45) is 0.992. The number of benzene rings is 1. The van der Waals surface area contributed by atoms with Gasteiger partial charge in [0.15, 0.2) is 0 Å². The van der Waals surface area contributed by atoms with E-state index in [1.165, 1.54) is 0 Å². The van der Waals surface area contributed by atoms with Crippen molar-refractivity contribution in [2.24, 2.45) is 11.8 Å². The first-order valence-electron chi connectivity index (χ1n) is 7.37. The molecule has 120 valence electrons. The van der Waals surface area contributed by atoms with Crippen LogP contribution in [0.4, 0.5) is 0 Å². The van der Waals surface area contributed by atoms with Crippen molar-refractivity contribution >= 4 is 27.8 Å². The molecule has 1 N–H and O–H groups in total. The van der Waals surface area contributed by atoms with Crippen molar-refractivity contribution in [3.05, 3.63) is 28.7 Å². The second-order valence-electron chi connectivity index (χ2n) is 5.60. The van der Waals surface area contributed by atoms with Gasteiger partial charge in [0.1, 0.15) is 5.75 Å². The summed E-state index contributed by atoms with van der Waals surface area (Å²) in [5.41, 5.74) is 0. The SMILES string of the molecule is C[C@@H]1CN(C(=O)CCCOc2ccccc2Br)C[C@H]1C(=O)O. The van der Waals surface area contributed by atoms with E-state index in [1.54, 1.807) is 4.90 Å². The first-order valence-corrected chi connectivity index (χ1v) is 8.16. The van der Waals surface area contributed by atoms with Gasteiger partial charge in [-0.1, -0.05) is 19.1 Å². The lowest BCUT2D eigenvalue weighted by atomic mass is 9.99. The van der Waals surface area contributed by atoms with E-state index in [-0.39, 0.29) is 11.8 Å². The van der Waals surface area contributed by atoms with Gasteiger partial charge < -0.3 is 14.7 Å². The number of halogens is 1. The zero-order valence-corrected chi connectivity index (χ0v) is 14.1. The maximum absolute atomic E-state index is 12.1. The van der Waals surface area contributed by atoms with Crippen LogP contribution in [0.2, 0.25) is 0 Å². The molecule has 1 aromatic carbocycles. The maximum atomic E-state index is 12.1. The van der Waals surface area contributed by atoms with Gasteiger partial charge in [-0.2, -0.15) is 0 Å². The van der Waals surface area contributed by atoms with Crippen molar-refractivity contribution in [2.75, 3.05) is 19.7 Å². The first-order chi connectivity index (χ1) is 10.5. The van der Waals surface area contributed by atoms with Crippen molar-refractivity contribution in [3.63, 3.8) is 0 Å². The van der Waals surface area contributed by atoms with Crippen molar-refractivity contribution in [1.29, 1.82) is 0 Å². The molecule has 0 unspecified atom stereocenters. The Balaban J connectivity index is 1.73. The number of carbonyl (C=O) groups is 2. The van der Waals surface area contributed by atoms with Crippen molar-refractivity contribution in [2.45, 2.75) is 19.8 Å². The highest BCUT2D eigenvalue weighted by atomic mass is 79.9. The van der Waals surface area contributed by atoms with Crippen LogP contribution in [0.3, 0.4) is 0 Å². The van der Waals surface area contributed by atoms with E-state index in [2.05, 4.69) is 15.9 Å². The van der Waals surface area contributed by atoms with E-state index >= 15 is 0 Å². The predicted octanol–water partition coefficient (Wildman–Crippen LogP) is 2.79.